The van der Waals surface area contributed by atoms with Crippen LogP contribution >= 0.6 is 0 Å². The van der Waals surface area contributed by atoms with Crippen LogP contribution in [0.5, 0.6) is 0 Å². The van der Waals surface area contributed by atoms with Crippen molar-refractivity contribution in [2.75, 3.05) is 0 Å². The molecule has 2 aromatic carbocycles. The number of rotatable bonds is 3. The summed E-state index contributed by atoms with van der Waals surface area (Å²) in [6.45, 7) is 1.39. The Kier molecular flexibility index (Phi) is 4.20. The highest BCUT2D eigenvalue weighted by molar-refractivity contribution is 6.03. The summed E-state index contributed by atoms with van der Waals surface area (Å²) in [6, 6.07) is 15.4. The van der Waals surface area contributed by atoms with E-state index in [1.54, 1.807) is 24.3 Å². The third-order valence-electron chi connectivity index (χ3n) is 3.90. The second-order valence-electron chi connectivity index (χ2n) is 5.59. The van der Waals surface area contributed by atoms with Gasteiger partial charge in [-0.15, -0.1) is 0 Å². The van der Waals surface area contributed by atoms with Crippen LogP contribution in [-0.2, 0) is 10.3 Å². The van der Waals surface area contributed by atoms with Crippen molar-refractivity contribution < 1.29 is 22.7 Å². The lowest BCUT2D eigenvalue weighted by Gasteiger charge is -2.27. The van der Waals surface area contributed by atoms with Gasteiger partial charge in [0.05, 0.1) is 11.3 Å². The van der Waals surface area contributed by atoms with Crippen molar-refractivity contribution in [2.24, 2.45) is 4.99 Å². The molecule has 6 heteroatoms. The number of hydrogen-bond acceptors (Lipinski definition) is 3. The number of carbonyl (C=O) groups excluding carboxylic acids is 1. The molecule has 1 aliphatic heterocycles. The smallest absolute Gasteiger partial charge is 0.421 e. The number of ether oxygens (including phenoxy) is 1. The highest BCUT2D eigenvalue weighted by atomic mass is 19.4. The first-order valence-electron chi connectivity index (χ1n) is 7.53. The zero-order valence-electron chi connectivity index (χ0n) is 13.2. The lowest BCUT2D eigenvalue weighted by Crippen LogP contribution is -2.38. The Bertz CT molecular complexity index is 842. The van der Waals surface area contributed by atoms with Crippen LogP contribution < -0.4 is 0 Å². The van der Waals surface area contributed by atoms with E-state index in [2.05, 4.69) is 4.99 Å². The van der Waals surface area contributed by atoms with Gasteiger partial charge in [-0.1, -0.05) is 48.5 Å². The molecule has 1 atom stereocenters. The standard InChI is InChI=1S/C19H14F3NO2/c1-13-16(25-17(24)14-8-4-2-5-9-14)12-18(23-13,19(20,21)22)15-10-6-3-7-11-15/h2-12H,1H3. The molecule has 0 aromatic heterocycles. The highest BCUT2D eigenvalue weighted by Crippen LogP contribution is 2.47. The van der Waals surface area contributed by atoms with Gasteiger partial charge in [0, 0.05) is 6.08 Å². The average molecular weight is 345 g/mol. The fourth-order valence-corrected chi connectivity index (χ4v) is 2.63. The Labute approximate surface area is 142 Å². The summed E-state index contributed by atoms with van der Waals surface area (Å²) in [5, 5.41) is 0. The van der Waals surface area contributed by atoms with E-state index in [-0.39, 0.29) is 22.6 Å². The molecular formula is C19H14F3NO2. The number of carbonyl (C=O) groups is 1. The van der Waals surface area contributed by atoms with Gasteiger partial charge in [-0.3, -0.25) is 4.99 Å². The van der Waals surface area contributed by atoms with Crippen molar-refractivity contribution in [3.63, 3.8) is 0 Å². The zero-order valence-corrected chi connectivity index (χ0v) is 13.2. The molecule has 25 heavy (non-hydrogen) atoms. The van der Waals surface area contributed by atoms with Gasteiger partial charge in [0.1, 0.15) is 0 Å². The van der Waals surface area contributed by atoms with Gasteiger partial charge in [-0.2, -0.15) is 13.2 Å². The summed E-state index contributed by atoms with van der Waals surface area (Å²) in [5.41, 5.74) is -2.32. The minimum atomic E-state index is -4.67. The van der Waals surface area contributed by atoms with E-state index < -0.39 is 17.7 Å². The quantitative estimate of drug-likeness (QED) is 0.759. The molecule has 0 fully saturated rings. The first-order chi connectivity index (χ1) is 11.8. The fraction of sp³-hybridized carbons (Fsp3) is 0.158. The van der Waals surface area contributed by atoms with E-state index in [1.165, 1.54) is 43.3 Å². The lowest BCUT2D eigenvalue weighted by molar-refractivity contribution is -0.173. The number of alkyl halides is 3. The molecule has 1 unspecified atom stereocenters. The minimum Gasteiger partial charge on any atom is -0.421 e. The molecule has 3 nitrogen and oxygen atoms in total. The Balaban J connectivity index is 1.99. The average Bonchev–Trinajstić information content (AvgIpc) is 2.94. The molecule has 0 spiro atoms. The predicted molar refractivity (Wildman–Crippen MR) is 87.2 cm³/mol. The second kappa shape index (κ2) is 6.20. The fourth-order valence-electron chi connectivity index (χ4n) is 2.63. The second-order valence-corrected chi connectivity index (χ2v) is 5.59. The molecule has 128 valence electrons. The summed E-state index contributed by atoms with van der Waals surface area (Å²) in [7, 11) is 0. The van der Waals surface area contributed by atoms with Crippen LogP contribution in [0, 0.1) is 0 Å². The van der Waals surface area contributed by atoms with Gasteiger partial charge in [0.2, 0.25) is 5.54 Å². The van der Waals surface area contributed by atoms with E-state index >= 15 is 0 Å². The maximum absolute atomic E-state index is 13.8. The highest BCUT2D eigenvalue weighted by Gasteiger charge is 2.57. The van der Waals surface area contributed by atoms with Crippen molar-refractivity contribution in [1.82, 2.24) is 0 Å². The van der Waals surface area contributed by atoms with E-state index in [9.17, 15) is 18.0 Å². The first kappa shape index (κ1) is 17.0. The van der Waals surface area contributed by atoms with Gasteiger partial charge in [-0.05, 0) is 24.6 Å². The molecule has 0 saturated heterocycles. The van der Waals surface area contributed by atoms with Gasteiger partial charge >= 0.3 is 12.1 Å². The van der Waals surface area contributed by atoms with Gasteiger partial charge in [0.25, 0.3) is 0 Å². The van der Waals surface area contributed by atoms with Crippen LogP contribution in [-0.4, -0.2) is 17.9 Å². The zero-order chi connectivity index (χ0) is 18.1. The maximum atomic E-state index is 13.8. The topological polar surface area (TPSA) is 38.7 Å². The van der Waals surface area contributed by atoms with Crippen LogP contribution in [0.2, 0.25) is 0 Å². The number of hydrogen-bond donors (Lipinski definition) is 0. The number of halogens is 3. The van der Waals surface area contributed by atoms with Crippen molar-refractivity contribution in [2.45, 2.75) is 18.6 Å². The Morgan fingerprint density at radius 1 is 1.00 bits per heavy atom. The van der Waals surface area contributed by atoms with Crippen molar-refractivity contribution in [1.29, 1.82) is 0 Å². The molecule has 0 saturated carbocycles. The van der Waals surface area contributed by atoms with Crippen LogP contribution in [0.25, 0.3) is 0 Å². The third-order valence-corrected chi connectivity index (χ3v) is 3.90. The van der Waals surface area contributed by atoms with Crippen LogP contribution in [0.1, 0.15) is 22.8 Å². The van der Waals surface area contributed by atoms with E-state index in [4.69, 9.17) is 4.74 Å². The molecule has 0 radical (unpaired) electrons. The van der Waals surface area contributed by atoms with Gasteiger partial charge in [-0.25, -0.2) is 4.79 Å². The summed E-state index contributed by atoms with van der Waals surface area (Å²) in [6.07, 6.45) is -3.81. The minimum absolute atomic E-state index is 0.0189. The van der Waals surface area contributed by atoms with Crippen molar-refractivity contribution in [3.8, 4) is 0 Å². The largest absolute Gasteiger partial charge is 0.421 e. The molecule has 0 bridgehead atoms. The van der Waals surface area contributed by atoms with Crippen LogP contribution in [0.15, 0.2) is 77.5 Å². The van der Waals surface area contributed by atoms with Crippen molar-refractivity contribution in [3.05, 3.63) is 83.6 Å². The number of nitrogens with zero attached hydrogens (tertiary/aromatic N) is 1. The Morgan fingerprint density at radius 3 is 2.12 bits per heavy atom. The molecule has 0 N–H and O–H groups in total. The molecule has 0 aliphatic carbocycles. The molecule has 1 heterocycles. The van der Waals surface area contributed by atoms with Crippen LogP contribution in [0.4, 0.5) is 13.2 Å². The molecule has 2 aromatic rings. The summed E-state index contributed by atoms with van der Waals surface area (Å²) in [4.78, 5) is 16.0. The summed E-state index contributed by atoms with van der Waals surface area (Å²) in [5.74, 6) is -0.914. The number of allylic oxidation sites excluding steroid dienone is 1. The normalized spacial score (nSPS) is 20.0. The van der Waals surface area contributed by atoms with Crippen molar-refractivity contribution >= 4 is 11.7 Å². The molecule has 0 amide bonds. The summed E-state index contributed by atoms with van der Waals surface area (Å²) < 4.78 is 46.6. The molecule has 3 rings (SSSR count). The Morgan fingerprint density at radius 2 is 1.56 bits per heavy atom. The lowest BCUT2D eigenvalue weighted by atomic mass is 9.90. The van der Waals surface area contributed by atoms with Crippen LogP contribution in [0.3, 0.4) is 0 Å². The maximum Gasteiger partial charge on any atom is 0.421 e. The number of aliphatic imine (C=N–C) groups is 1. The Hall–Kier alpha value is -2.89. The van der Waals surface area contributed by atoms with E-state index in [0.29, 0.717) is 0 Å². The monoisotopic (exact) mass is 345 g/mol. The predicted octanol–water partition coefficient (Wildman–Crippen LogP) is 4.66. The van der Waals surface area contributed by atoms with E-state index in [0.717, 1.165) is 6.08 Å². The molecular weight excluding hydrogens is 331 g/mol. The SMILES string of the molecule is CC1=NC(c2ccccc2)(C(F)(F)F)C=C1OC(=O)c1ccccc1. The number of benzene rings is 2. The third kappa shape index (κ3) is 3.07. The number of esters is 1. The molecule has 1 aliphatic rings. The summed E-state index contributed by atoms with van der Waals surface area (Å²) >= 11 is 0. The van der Waals surface area contributed by atoms with Gasteiger partial charge in [0.15, 0.2) is 5.76 Å². The van der Waals surface area contributed by atoms with Gasteiger partial charge < -0.3 is 4.74 Å². The van der Waals surface area contributed by atoms with E-state index in [1.807, 2.05) is 0 Å². The first-order valence-corrected chi connectivity index (χ1v) is 7.53.